The Labute approximate surface area is 200 Å². The number of para-hydroxylation sites is 1. The van der Waals surface area contributed by atoms with Gasteiger partial charge in [-0.2, -0.15) is 4.98 Å². The zero-order chi connectivity index (χ0) is 24.0. The van der Waals surface area contributed by atoms with E-state index in [0.29, 0.717) is 48.2 Å². The van der Waals surface area contributed by atoms with Crippen LogP contribution in [0.25, 0.3) is 11.1 Å². The van der Waals surface area contributed by atoms with Crippen molar-refractivity contribution < 1.29 is 18.7 Å². The minimum absolute atomic E-state index is 0.00260. The van der Waals surface area contributed by atoms with Gasteiger partial charge in [0.05, 0.1) is 11.7 Å². The molecule has 4 aliphatic rings. The number of benzene rings is 1. The van der Waals surface area contributed by atoms with E-state index in [1.54, 1.807) is 4.90 Å². The summed E-state index contributed by atoms with van der Waals surface area (Å²) >= 11 is 0. The van der Waals surface area contributed by atoms with E-state index in [-0.39, 0.29) is 24.2 Å². The zero-order valence-corrected chi connectivity index (χ0v) is 20.5. The summed E-state index contributed by atoms with van der Waals surface area (Å²) in [6.45, 7) is 11.4. The Morgan fingerprint density at radius 2 is 1.91 bits per heavy atom. The van der Waals surface area contributed by atoms with Gasteiger partial charge in [0.1, 0.15) is 11.1 Å². The second-order valence-electron chi connectivity index (χ2n) is 10.8. The van der Waals surface area contributed by atoms with Gasteiger partial charge in [0.2, 0.25) is 0 Å². The highest BCUT2D eigenvalue weighted by Crippen LogP contribution is 2.32. The topological polar surface area (TPSA) is 91.1 Å². The van der Waals surface area contributed by atoms with Gasteiger partial charge in [-0.25, -0.2) is 4.79 Å². The number of anilines is 1. The van der Waals surface area contributed by atoms with Crippen molar-refractivity contribution in [2.45, 2.75) is 64.8 Å². The molecular formula is C25H35N5O4. The molecule has 4 fully saturated rings. The second-order valence-corrected chi connectivity index (χ2v) is 10.8. The number of rotatable bonds is 3. The number of aromatic nitrogens is 1. The predicted molar refractivity (Wildman–Crippen MR) is 129 cm³/mol. The van der Waals surface area contributed by atoms with E-state index in [2.05, 4.69) is 10.2 Å². The van der Waals surface area contributed by atoms with E-state index in [0.717, 1.165) is 19.5 Å². The molecule has 4 aliphatic heterocycles. The lowest BCUT2D eigenvalue weighted by atomic mass is 9.86. The lowest BCUT2D eigenvalue weighted by Crippen LogP contribution is -2.56. The Balaban J connectivity index is 1.30. The van der Waals surface area contributed by atoms with Gasteiger partial charge in [0, 0.05) is 38.8 Å². The van der Waals surface area contributed by atoms with Crippen molar-refractivity contribution in [2.75, 3.05) is 37.6 Å². The highest BCUT2D eigenvalue weighted by Gasteiger charge is 2.35. The van der Waals surface area contributed by atoms with Crippen LogP contribution in [0.5, 0.6) is 0 Å². The quantitative estimate of drug-likeness (QED) is 0.736. The molecule has 1 N–H and O–H groups in total. The molecule has 2 bridgehead atoms. The van der Waals surface area contributed by atoms with E-state index in [9.17, 15) is 9.59 Å². The number of piperidine rings is 3. The first-order valence-corrected chi connectivity index (χ1v) is 12.4. The van der Waals surface area contributed by atoms with Crippen molar-refractivity contribution in [2.24, 2.45) is 5.92 Å². The number of piperazine rings is 1. The maximum atomic E-state index is 13.2. The van der Waals surface area contributed by atoms with Gasteiger partial charge in [0.15, 0.2) is 5.58 Å². The average molecular weight is 470 g/mol. The van der Waals surface area contributed by atoms with Crippen molar-refractivity contribution >= 4 is 29.1 Å². The lowest BCUT2D eigenvalue weighted by Gasteiger charge is -2.45. The Bertz CT molecular complexity index is 1070. The number of carbonyl (C=O) groups is 2. The van der Waals surface area contributed by atoms with Crippen LogP contribution in [0.1, 0.15) is 57.3 Å². The number of carbonyl (C=O) groups excluding carboxylic acids is 2. The fourth-order valence-corrected chi connectivity index (χ4v) is 5.32. The molecule has 9 nitrogen and oxygen atoms in total. The molecule has 2 aromatic rings. The van der Waals surface area contributed by atoms with Gasteiger partial charge in [-0.05, 0) is 65.0 Å². The van der Waals surface area contributed by atoms with Crippen LogP contribution in [0.2, 0.25) is 0 Å². The number of hydrogen-bond acceptors (Lipinski definition) is 7. The third-order valence-corrected chi connectivity index (χ3v) is 7.12. The number of nitrogens with zero attached hydrogens (tertiary/aromatic N) is 4. The van der Waals surface area contributed by atoms with Crippen LogP contribution in [0, 0.1) is 5.92 Å². The number of hydrogen-bond donors (Lipinski definition) is 1. The van der Waals surface area contributed by atoms with Gasteiger partial charge in [0.25, 0.3) is 11.9 Å². The molecule has 2 unspecified atom stereocenters. The van der Waals surface area contributed by atoms with Crippen LogP contribution in [-0.2, 0) is 4.74 Å². The molecule has 9 heteroatoms. The van der Waals surface area contributed by atoms with Crippen molar-refractivity contribution in [3.05, 3.63) is 23.8 Å². The third kappa shape index (κ3) is 4.58. The molecule has 34 heavy (non-hydrogen) atoms. The maximum absolute atomic E-state index is 13.2. The van der Waals surface area contributed by atoms with E-state index in [4.69, 9.17) is 14.1 Å². The van der Waals surface area contributed by atoms with Gasteiger partial charge in [-0.15, -0.1) is 0 Å². The molecule has 4 saturated heterocycles. The largest absolute Gasteiger partial charge is 0.444 e. The molecule has 184 valence electrons. The second kappa shape index (κ2) is 8.76. The van der Waals surface area contributed by atoms with E-state index >= 15 is 0 Å². The van der Waals surface area contributed by atoms with Gasteiger partial charge in [-0.3, -0.25) is 9.69 Å². The molecule has 6 rings (SSSR count). The molecule has 0 aliphatic carbocycles. The molecule has 1 aromatic heterocycles. The van der Waals surface area contributed by atoms with E-state index in [1.807, 2.05) is 50.8 Å². The summed E-state index contributed by atoms with van der Waals surface area (Å²) in [6, 6.07) is 5.97. The fourth-order valence-electron chi connectivity index (χ4n) is 5.32. The van der Waals surface area contributed by atoms with Crippen LogP contribution in [-0.4, -0.2) is 77.3 Å². The Hall–Kier alpha value is -2.81. The van der Waals surface area contributed by atoms with Crippen LogP contribution in [0.15, 0.2) is 22.6 Å². The zero-order valence-electron chi connectivity index (χ0n) is 20.5. The highest BCUT2D eigenvalue weighted by molar-refractivity contribution is 6.04. The smallest absolute Gasteiger partial charge is 0.410 e. The number of amides is 2. The lowest BCUT2D eigenvalue weighted by molar-refractivity contribution is 0.0216. The first kappa shape index (κ1) is 23.0. The minimum atomic E-state index is -0.525. The summed E-state index contributed by atoms with van der Waals surface area (Å²) in [5, 5.41) is 3.23. The van der Waals surface area contributed by atoms with E-state index < -0.39 is 5.60 Å². The summed E-state index contributed by atoms with van der Waals surface area (Å²) < 4.78 is 11.6. The van der Waals surface area contributed by atoms with Crippen LogP contribution < -0.4 is 10.2 Å². The molecule has 0 spiro atoms. The average Bonchev–Trinajstić information content (AvgIpc) is 3.22. The number of fused-ring (bicyclic) bond motifs is 4. The number of ether oxygens (including phenoxy) is 1. The first-order valence-electron chi connectivity index (χ1n) is 12.4. The summed E-state index contributed by atoms with van der Waals surface area (Å²) in [7, 11) is 0. The van der Waals surface area contributed by atoms with Crippen LogP contribution >= 0.6 is 0 Å². The standard InChI is InChI=1S/C25H35N5O4/c1-16-15-29(24(32)34-25(2,3)4)12-13-30(16)23-27-21-18(6-5-7-19(21)33-23)22(31)26-20-14-17-8-10-28(20)11-9-17/h5-7,16-17,20H,8-15H2,1-4H3,(H,26,31). The molecule has 1 aromatic carbocycles. The molecule has 2 atom stereocenters. The van der Waals surface area contributed by atoms with Gasteiger partial charge >= 0.3 is 6.09 Å². The predicted octanol–water partition coefficient (Wildman–Crippen LogP) is 3.45. The summed E-state index contributed by atoms with van der Waals surface area (Å²) in [5.41, 5.74) is 1.18. The fraction of sp³-hybridized carbons (Fsp3) is 0.640. The Morgan fingerprint density at radius 1 is 1.15 bits per heavy atom. The molecule has 2 amide bonds. The molecule has 0 radical (unpaired) electrons. The highest BCUT2D eigenvalue weighted by atomic mass is 16.6. The monoisotopic (exact) mass is 469 g/mol. The maximum Gasteiger partial charge on any atom is 0.410 e. The van der Waals surface area contributed by atoms with Crippen molar-refractivity contribution in [1.29, 1.82) is 0 Å². The number of oxazole rings is 1. The van der Waals surface area contributed by atoms with Crippen LogP contribution in [0.3, 0.4) is 0 Å². The first-order chi connectivity index (χ1) is 16.2. The number of nitrogens with one attached hydrogen (secondary N) is 1. The summed E-state index contributed by atoms with van der Waals surface area (Å²) in [4.78, 5) is 36.5. The Kier molecular flexibility index (Phi) is 5.91. The van der Waals surface area contributed by atoms with Gasteiger partial charge < -0.3 is 24.3 Å². The third-order valence-electron chi connectivity index (χ3n) is 7.12. The van der Waals surface area contributed by atoms with Crippen molar-refractivity contribution in [3.8, 4) is 0 Å². The normalized spacial score (nSPS) is 27.2. The van der Waals surface area contributed by atoms with Crippen molar-refractivity contribution in [3.63, 3.8) is 0 Å². The molecular weight excluding hydrogens is 434 g/mol. The Morgan fingerprint density at radius 3 is 2.56 bits per heavy atom. The SMILES string of the molecule is CC1CN(C(=O)OC(C)(C)C)CCN1c1nc2c(C(=O)NC3CC4CCN3CC4)cccc2o1. The van der Waals surface area contributed by atoms with Crippen molar-refractivity contribution in [1.82, 2.24) is 20.1 Å². The van der Waals surface area contributed by atoms with E-state index in [1.165, 1.54) is 12.8 Å². The van der Waals surface area contributed by atoms with Gasteiger partial charge in [-0.1, -0.05) is 6.07 Å². The summed E-state index contributed by atoms with van der Waals surface area (Å²) in [5.74, 6) is 0.608. The van der Waals surface area contributed by atoms with Crippen LogP contribution in [0.4, 0.5) is 10.8 Å². The molecule has 5 heterocycles. The molecule has 0 saturated carbocycles. The minimum Gasteiger partial charge on any atom is -0.444 e. The summed E-state index contributed by atoms with van der Waals surface area (Å²) in [6.07, 6.45) is 3.28.